The molecule has 5 aromatic rings. The number of benzene rings is 1. The van der Waals surface area contributed by atoms with Crippen LogP contribution in [-0.4, -0.2) is 34.8 Å². The van der Waals surface area contributed by atoms with Gasteiger partial charge >= 0.3 is 0 Å². The lowest BCUT2D eigenvalue weighted by Crippen LogP contribution is -2.14. The molecule has 27 heavy (non-hydrogen) atoms. The third-order valence-electron chi connectivity index (χ3n) is 4.19. The van der Waals surface area contributed by atoms with E-state index in [2.05, 4.69) is 25.3 Å². The van der Waals surface area contributed by atoms with Gasteiger partial charge in [0.15, 0.2) is 0 Å². The molecule has 8 heteroatoms. The van der Waals surface area contributed by atoms with E-state index in [1.807, 2.05) is 28.7 Å². The van der Waals surface area contributed by atoms with E-state index >= 15 is 0 Å². The summed E-state index contributed by atoms with van der Waals surface area (Å²) in [5.41, 5.74) is 2.66. The van der Waals surface area contributed by atoms with Crippen molar-refractivity contribution < 1.29 is 4.79 Å². The number of carbonyl (C=O) groups is 1. The van der Waals surface area contributed by atoms with E-state index in [1.54, 1.807) is 53.9 Å². The number of amides is 1. The molecule has 1 N–H and O–H groups in total. The van der Waals surface area contributed by atoms with Gasteiger partial charge in [0.2, 0.25) is 5.78 Å². The van der Waals surface area contributed by atoms with Gasteiger partial charge in [-0.3, -0.25) is 13.8 Å². The molecule has 0 aliphatic rings. The molecular weight excluding hydrogens is 342 g/mol. The highest BCUT2D eigenvalue weighted by atomic mass is 16.1. The average Bonchev–Trinajstić information content (AvgIpc) is 3.36. The summed E-state index contributed by atoms with van der Waals surface area (Å²) in [6.45, 7) is 0. The van der Waals surface area contributed by atoms with Crippen molar-refractivity contribution in [1.82, 2.24) is 28.9 Å². The minimum Gasteiger partial charge on any atom is -0.319 e. The quantitative estimate of drug-likeness (QED) is 0.537. The van der Waals surface area contributed by atoms with E-state index in [4.69, 9.17) is 0 Å². The molecule has 0 unspecified atom stereocenters. The number of nitrogens with zero attached hydrogens (tertiary/aromatic N) is 6. The summed E-state index contributed by atoms with van der Waals surface area (Å²) < 4.78 is 3.64. The van der Waals surface area contributed by atoms with E-state index in [9.17, 15) is 4.79 Å². The Morgan fingerprint density at radius 2 is 1.93 bits per heavy atom. The fourth-order valence-electron chi connectivity index (χ4n) is 2.88. The Morgan fingerprint density at radius 3 is 2.74 bits per heavy atom. The summed E-state index contributed by atoms with van der Waals surface area (Å²) in [6.07, 6.45) is 8.53. The van der Waals surface area contributed by atoms with Crippen LogP contribution in [0.4, 0.5) is 5.69 Å². The first-order valence-electron chi connectivity index (χ1n) is 8.27. The summed E-state index contributed by atoms with van der Waals surface area (Å²) in [7, 11) is 0. The third-order valence-corrected chi connectivity index (χ3v) is 4.19. The smallest absolute Gasteiger partial charge is 0.274 e. The van der Waals surface area contributed by atoms with Crippen LogP contribution in [-0.2, 0) is 0 Å². The Bertz CT molecular complexity index is 1260. The van der Waals surface area contributed by atoms with Crippen LogP contribution in [0.5, 0.6) is 0 Å². The van der Waals surface area contributed by atoms with Gasteiger partial charge in [-0.25, -0.2) is 19.9 Å². The number of fused-ring (bicyclic) bond motifs is 3. The Balaban J connectivity index is 1.41. The van der Waals surface area contributed by atoms with Crippen molar-refractivity contribution in [3.8, 4) is 5.82 Å². The molecule has 8 nitrogen and oxygen atoms in total. The van der Waals surface area contributed by atoms with Crippen molar-refractivity contribution >= 4 is 28.4 Å². The average molecular weight is 355 g/mol. The molecule has 0 saturated heterocycles. The zero-order chi connectivity index (χ0) is 18.2. The largest absolute Gasteiger partial charge is 0.319 e. The van der Waals surface area contributed by atoms with Gasteiger partial charge in [0.25, 0.3) is 5.91 Å². The maximum absolute atomic E-state index is 12.5. The molecule has 0 bridgehead atoms. The van der Waals surface area contributed by atoms with Gasteiger partial charge in [0.05, 0.1) is 22.9 Å². The highest BCUT2D eigenvalue weighted by molar-refractivity contribution is 6.03. The summed E-state index contributed by atoms with van der Waals surface area (Å²) in [6, 6.07) is 13.0. The number of hydrogen-bond donors (Lipinski definition) is 1. The number of aromatic nitrogens is 6. The number of nitrogens with one attached hydrogen (secondary N) is 1. The standard InChI is InChI=1S/C19H13N7O/c27-18(22-13-5-6-17(21-11-13)25-10-8-20-12-25)15-7-9-26-16-4-2-1-3-14(16)23-19(26)24-15/h1-12H,(H,22,27). The summed E-state index contributed by atoms with van der Waals surface area (Å²) in [4.78, 5) is 29.7. The number of imidazole rings is 2. The molecule has 1 amide bonds. The monoisotopic (exact) mass is 355 g/mol. The Morgan fingerprint density at radius 1 is 1.00 bits per heavy atom. The molecule has 0 aliphatic carbocycles. The molecule has 0 atom stereocenters. The predicted octanol–water partition coefficient (Wildman–Crippen LogP) is 2.72. The van der Waals surface area contributed by atoms with E-state index < -0.39 is 0 Å². The number of anilines is 1. The zero-order valence-electron chi connectivity index (χ0n) is 14.0. The Hall–Kier alpha value is -4.07. The highest BCUT2D eigenvalue weighted by Gasteiger charge is 2.12. The van der Waals surface area contributed by atoms with Gasteiger partial charge in [-0.2, -0.15) is 0 Å². The van der Waals surface area contributed by atoms with Gasteiger partial charge in [-0.05, 0) is 30.3 Å². The summed E-state index contributed by atoms with van der Waals surface area (Å²) in [5, 5.41) is 2.80. The molecule has 0 radical (unpaired) electrons. The molecule has 5 rings (SSSR count). The molecule has 4 heterocycles. The topological polar surface area (TPSA) is 90.0 Å². The van der Waals surface area contributed by atoms with Crippen molar-refractivity contribution in [2.75, 3.05) is 5.32 Å². The fourth-order valence-corrected chi connectivity index (χ4v) is 2.88. The molecule has 0 aliphatic heterocycles. The van der Waals surface area contributed by atoms with E-state index in [-0.39, 0.29) is 11.6 Å². The van der Waals surface area contributed by atoms with Crippen molar-refractivity contribution in [1.29, 1.82) is 0 Å². The van der Waals surface area contributed by atoms with Crippen molar-refractivity contribution in [2.45, 2.75) is 0 Å². The second kappa shape index (κ2) is 6.03. The first-order chi connectivity index (χ1) is 13.3. The Labute approximate surface area is 153 Å². The van der Waals surface area contributed by atoms with Crippen molar-refractivity contribution in [2.24, 2.45) is 0 Å². The lowest BCUT2D eigenvalue weighted by atomic mass is 10.3. The van der Waals surface area contributed by atoms with E-state index in [0.29, 0.717) is 17.3 Å². The second-order valence-electron chi connectivity index (χ2n) is 5.91. The van der Waals surface area contributed by atoms with Gasteiger partial charge in [-0.15, -0.1) is 0 Å². The molecule has 4 aromatic heterocycles. The first-order valence-corrected chi connectivity index (χ1v) is 8.27. The molecular formula is C19H13N7O. The zero-order valence-corrected chi connectivity index (χ0v) is 14.0. The minimum absolute atomic E-state index is 0.288. The van der Waals surface area contributed by atoms with E-state index in [1.165, 1.54) is 0 Å². The number of rotatable bonds is 3. The number of pyridine rings is 1. The van der Waals surface area contributed by atoms with Crippen LogP contribution in [0, 0.1) is 0 Å². The maximum Gasteiger partial charge on any atom is 0.274 e. The van der Waals surface area contributed by atoms with Crippen LogP contribution in [0.25, 0.3) is 22.6 Å². The third kappa shape index (κ3) is 2.69. The van der Waals surface area contributed by atoms with Gasteiger partial charge in [-0.1, -0.05) is 12.1 Å². The van der Waals surface area contributed by atoms with Crippen molar-refractivity contribution in [3.63, 3.8) is 0 Å². The predicted molar refractivity (Wildman–Crippen MR) is 99.8 cm³/mol. The summed E-state index contributed by atoms with van der Waals surface area (Å²) in [5.74, 6) is 0.883. The van der Waals surface area contributed by atoms with Gasteiger partial charge in [0, 0.05) is 18.6 Å². The van der Waals surface area contributed by atoms with Gasteiger partial charge in [0.1, 0.15) is 17.8 Å². The fraction of sp³-hybridized carbons (Fsp3) is 0. The van der Waals surface area contributed by atoms with Crippen LogP contribution >= 0.6 is 0 Å². The van der Waals surface area contributed by atoms with Gasteiger partial charge < -0.3 is 5.32 Å². The number of para-hydroxylation sites is 2. The SMILES string of the molecule is O=C(Nc1ccc(-n2ccnc2)nc1)c1ccn2c(n1)nc1ccccc12. The first kappa shape index (κ1) is 15.2. The molecule has 0 saturated carbocycles. The maximum atomic E-state index is 12.5. The van der Waals surface area contributed by atoms with Crippen LogP contribution < -0.4 is 5.32 Å². The lowest BCUT2D eigenvalue weighted by Gasteiger charge is -2.06. The van der Waals surface area contributed by atoms with Crippen LogP contribution in [0.2, 0.25) is 0 Å². The van der Waals surface area contributed by atoms with Crippen LogP contribution in [0.1, 0.15) is 10.5 Å². The lowest BCUT2D eigenvalue weighted by molar-refractivity contribution is 0.102. The Kier molecular flexibility index (Phi) is 3.39. The minimum atomic E-state index is -0.318. The molecule has 0 fully saturated rings. The molecule has 1 aromatic carbocycles. The highest BCUT2D eigenvalue weighted by Crippen LogP contribution is 2.16. The molecule has 0 spiro atoms. The van der Waals surface area contributed by atoms with E-state index in [0.717, 1.165) is 11.0 Å². The van der Waals surface area contributed by atoms with Crippen LogP contribution in [0.15, 0.2) is 73.6 Å². The van der Waals surface area contributed by atoms with Crippen LogP contribution in [0.3, 0.4) is 0 Å². The second-order valence-corrected chi connectivity index (χ2v) is 5.91. The normalized spacial score (nSPS) is 11.1. The summed E-state index contributed by atoms with van der Waals surface area (Å²) >= 11 is 0. The van der Waals surface area contributed by atoms with Crippen molar-refractivity contribution in [3.05, 3.63) is 79.3 Å². The number of hydrogen-bond acceptors (Lipinski definition) is 5. The number of carbonyl (C=O) groups excluding carboxylic acids is 1. The molecule has 130 valence electrons.